The first-order valence-corrected chi connectivity index (χ1v) is 3.60. The molecule has 0 spiro atoms. The molecule has 0 aromatic heterocycles. The number of nitrogens with two attached hydrogens (primary N) is 1. The van der Waals surface area contributed by atoms with Gasteiger partial charge in [-0.2, -0.15) is 0 Å². The Morgan fingerprint density at radius 1 is 1.43 bits per heavy atom. The van der Waals surface area contributed by atoms with Crippen molar-refractivity contribution in [3.8, 4) is 0 Å². The second kappa shape index (κ2) is 2.14. The summed E-state index contributed by atoms with van der Waals surface area (Å²) in [6.45, 7) is 0. The summed E-state index contributed by atoms with van der Waals surface area (Å²) in [7, 11) is 0. The maximum atomic E-state index is 5.60. The smallest absolute Gasteiger partial charge is 0.0161 e. The van der Waals surface area contributed by atoms with E-state index in [1.165, 1.54) is 19.3 Å². The maximum Gasteiger partial charge on any atom is 0.0161 e. The van der Waals surface area contributed by atoms with E-state index in [1.54, 1.807) is 0 Å². The lowest BCUT2D eigenvalue weighted by Crippen LogP contribution is -2.14. The van der Waals surface area contributed by atoms with Gasteiger partial charge in [-0.05, 0) is 19.3 Å². The molecule has 1 aliphatic rings. The van der Waals surface area contributed by atoms with Crippen molar-refractivity contribution in [2.45, 2.75) is 30.1 Å². The van der Waals surface area contributed by atoms with Crippen LogP contribution in [0.2, 0.25) is 0 Å². The van der Waals surface area contributed by atoms with E-state index >= 15 is 0 Å². The molecule has 0 saturated heterocycles. The van der Waals surface area contributed by atoms with Crippen molar-refractivity contribution in [3.63, 3.8) is 0 Å². The van der Waals surface area contributed by atoms with Gasteiger partial charge in [0.2, 0.25) is 0 Å². The second-order valence-electron chi connectivity index (χ2n) is 2.17. The number of halogens is 1. The van der Waals surface area contributed by atoms with Gasteiger partial charge in [-0.25, -0.2) is 0 Å². The fourth-order valence-electron chi connectivity index (χ4n) is 0.959. The predicted molar refractivity (Wildman–Crippen MR) is 34.5 cm³/mol. The Balaban J connectivity index is 2.26. The van der Waals surface area contributed by atoms with Gasteiger partial charge in [0.05, 0.1) is 0 Å². The van der Waals surface area contributed by atoms with Gasteiger partial charge in [-0.1, -0.05) is 15.9 Å². The number of hydrogen-bond acceptors (Lipinski definition) is 1. The zero-order chi connectivity index (χ0) is 5.28. The molecule has 0 aliphatic heterocycles. The summed E-state index contributed by atoms with van der Waals surface area (Å²) in [6, 6.07) is 0.476. The molecular weight excluding hydrogens is 154 g/mol. The van der Waals surface area contributed by atoms with Crippen LogP contribution in [0.3, 0.4) is 0 Å². The van der Waals surface area contributed by atoms with Crippen LogP contribution in [-0.4, -0.2) is 10.9 Å². The van der Waals surface area contributed by atoms with E-state index in [1.807, 2.05) is 0 Å². The summed E-state index contributed by atoms with van der Waals surface area (Å²) >= 11 is 3.50. The van der Waals surface area contributed by atoms with Crippen molar-refractivity contribution in [2.75, 3.05) is 0 Å². The van der Waals surface area contributed by atoms with Gasteiger partial charge >= 0.3 is 0 Å². The predicted octanol–water partition coefficient (Wildman–Crippen LogP) is 1.26. The normalized spacial score (nSPS) is 42.0. The molecule has 0 amide bonds. The molecule has 0 aromatic carbocycles. The van der Waals surface area contributed by atoms with Crippen LogP contribution in [0.25, 0.3) is 0 Å². The molecule has 2 heteroatoms. The van der Waals surface area contributed by atoms with Gasteiger partial charge in [-0.3, -0.25) is 0 Å². The third kappa shape index (κ3) is 1.42. The molecule has 2 N–H and O–H groups in total. The molecule has 1 fully saturated rings. The van der Waals surface area contributed by atoms with Crippen molar-refractivity contribution in [3.05, 3.63) is 0 Å². The molecule has 0 heterocycles. The van der Waals surface area contributed by atoms with Gasteiger partial charge in [0.25, 0.3) is 0 Å². The van der Waals surface area contributed by atoms with Crippen LogP contribution in [0, 0.1) is 0 Å². The van der Waals surface area contributed by atoms with Crippen molar-refractivity contribution < 1.29 is 0 Å². The van der Waals surface area contributed by atoms with E-state index in [0.29, 0.717) is 10.9 Å². The Morgan fingerprint density at radius 3 is 2.29 bits per heavy atom. The topological polar surface area (TPSA) is 26.0 Å². The van der Waals surface area contributed by atoms with Gasteiger partial charge < -0.3 is 5.73 Å². The first kappa shape index (κ1) is 5.57. The largest absolute Gasteiger partial charge is 0.328 e. The zero-order valence-electron chi connectivity index (χ0n) is 4.23. The molecule has 0 radical (unpaired) electrons. The average molecular weight is 164 g/mol. The highest BCUT2D eigenvalue weighted by atomic mass is 79.9. The Kier molecular flexibility index (Phi) is 1.70. The molecular formula is C5H10BrN. The van der Waals surface area contributed by atoms with Crippen LogP contribution in [0.4, 0.5) is 0 Å². The van der Waals surface area contributed by atoms with Gasteiger partial charge in [-0.15, -0.1) is 0 Å². The molecule has 2 atom stereocenters. The van der Waals surface area contributed by atoms with E-state index in [-0.39, 0.29) is 0 Å². The molecule has 1 aliphatic carbocycles. The summed E-state index contributed by atoms with van der Waals surface area (Å²) in [6.07, 6.45) is 3.64. The highest BCUT2D eigenvalue weighted by molar-refractivity contribution is 9.09. The van der Waals surface area contributed by atoms with Crippen LogP contribution in [0.1, 0.15) is 19.3 Å². The number of alkyl halides is 1. The van der Waals surface area contributed by atoms with Crippen molar-refractivity contribution in [1.82, 2.24) is 0 Å². The van der Waals surface area contributed by atoms with Gasteiger partial charge in [0.1, 0.15) is 0 Å². The standard InChI is InChI=1S/C5H10BrN/c6-4-1-2-5(7)3-4/h4-5H,1-3,7H2. The molecule has 1 nitrogen and oxygen atoms in total. The summed E-state index contributed by atoms with van der Waals surface area (Å²) in [5, 5.41) is 0. The van der Waals surface area contributed by atoms with Gasteiger partial charge in [0.15, 0.2) is 0 Å². The minimum absolute atomic E-state index is 0.476. The van der Waals surface area contributed by atoms with Crippen molar-refractivity contribution in [2.24, 2.45) is 5.73 Å². The van der Waals surface area contributed by atoms with Gasteiger partial charge in [0, 0.05) is 10.9 Å². The highest BCUT2D eigenvalue weighted by Gasteiger charge is 2.17. The van der Waals surface area contributed by atoms with Crippen molar-refractivity contribution in [1.29, 1.82) is 0 Å². The van der Waals surface area contributed by atoms with E-state index in [9.17, 15) is 0 Å². The first-order valence-electron chi connectivity index (χ1n) is 2.68. The van der Waals surface area contributed by atoms with Crippen molar-refractivity contribution >= 4 is 15.9 Å². The van der Waals surface area contributed by atoms with E-state index in [4.69, 9.17) is 5.73 Å². The molecule has 1 saturated carbocycles. The third-order valence-corrected chi connectivity index (χ3v) is 2.24. The number of hydrogen-bond donors (Lipinski definition) is 1. The average Bonchev–Trinajstić information content (AvgIpc) is 1.87. The molecule has 1 rings (SSSR count). The monoisotopic (exact) mass is 163 g/mol. The summed E-state index contributed by atoms with van der Waals surface area (Å²) < 4.78 is 0. The Hall–Kier alpha value is 0.440. The summed E-state index contributed by atoms with van der Waals surface area (Å²) in [5.41, 5.74) is 5.60. The molecule has 2 unspecified atom stereocenters. The fourth-order valence-corrected chi connectivity index (χ4v) is 1.70. The number of rotatable bonds is 0. The van der Waals surface area contributed by atoms with Crippen LogP contribution in [0.15, 0.2) is 0 Å². The lowest BCUT2D eigenvalue weighted by Gasteiger charge is -1.95. The SMILES string of the molecule is NC1CCC(Br)C1. The Bertz CT molecular complexity index is 57.1. The highest BCUT2D eigenvalue weighted by Crippen LogP contribution is 2.23. The van der Waals surface area contributed by atoms with E-state index in [2.05, 4.69) is 15.9 Å². The second-order valence-corrected chi connectivity index (χ2v) is 3.47. The first-order chi connectivity index (χ1) is 3.29. The lowest BCUT2D eigenvalue weighted by molar-refractivity contribution is 0.706. The summed E-state index contributed by atoms with van der Waals surface area (Å²) in [5.74, 6) is 0. The maximum absolute atomic E-state index is 5.60. The van der Waals surface area contributed by atoms with Crippen LogP contribution in [0.5, 0.6) is 0 Å². The minimum atomic E-state index is 0.476. The minimum Gasteiger partial charge on any atom is -0.328 e. The molecule has 42 valence electrons. The summed E-state index contributed by atoms with van der Waals surface area (Å²) in [4.78, 5) is 0.711. The third-order valence-electron chi connectivity index (χ3n) is 1.41. The zero-order valence-corrected chi connectivity index (χ0v) is 5.82. The molecule has 7 heavy (non-hydrogen) atoms. The van der Waals surface area contributed by atoms with Crippen LogP contribution >= 0.6 is 15.9 Å². The Labute approximate surface area is 52.4 Å². The lowest BCUT2D eigenvalue weighted by atomic mass is 10.3. The van der Waals surface area contributed by atoms with E-state index in [0.717, 1.165) is 0 Å². The van der Waals surface area contributed by atoms with Crippen LogP contribution < -0.4 is 5.73 Å². The van der Waals surface area contributed by atoms with E-state index < -0.39 is 0 Å². The van der Waals surface area contributed by atoms with Crippen LogP contribution in [-0.2, 0) is 0 Å². The molecule has 0 bridgehead atoms. The quantitative estimate of drug-likeness (QED) is 0.536. The fraction of sp³-hybridized carbons (Fsp3) is 1.00. The molecule has 0 aromatic rings. The Morgan fingerprint density at radius 2 is 2.14 bits per heavy atom.